The molecule has 2 aliphatic rings. The number of fused-ring (bicyclic) bond motifs is 3. The average Bonchev–Trinajstić information content (AvgIpc) is 3.49. The van der Waals surface area contributed by atoms with Gasteiger partial charge in [-0.2, -0.15) is 0 Å². The molecular weight excluding hydrogens is 408 g/mol. The van der Waals surface area contributed by atoms with Crippen LogP contribution in [0.25, 0.3) is 10.9 Å². The second kappa shape index (κ2) is 8.67. The largest absolute Gasteiger partial charge is 0.491 e. The quantitative estimate of drug-likeness (QED) is 0.619. The number of aromatic nitrogens is 1. The minimum atomic E-state index is -0.368. The van der Waals surface area contributed by atoms with E-state index in [9.17, 15) is 9.59 Å². The zero-order chi connectivity index (χ0) is 22.1. The summed E-state index contributed by atoms with van der Waals surface area (Å²) < 4.78 is 16.2. The SMILES string of the molecule is COC(=O)c1ccc2[nH]c3c(c2c1)CN(C(=O)c1ccc(OC[C@@H]2CCCO2)cc1)CC3. The molecule has 1 aromatic heterocycles. The molecule has 0 spiro atoms. The Hall–Kier alpha value is -3.32. The third kappa shape index (κ3) is 3.96. The van der Waals surface area contributed by atoms with Gasteiger partial charge in [0.05, 0.1) is 18.8 Å². The predicted molar refractivity (Wildman–Crippen MR) is 119 cm³/mol. The third-order valence-electron chi connectivity index (χ3n) is 6.24. The lowest BCUT2D eigenvalue weighted by molar-refractivity contribution is 0.0600. The Morgan fingerprint density at radius 2 is 1.97 bits per heavy atom. The van der Waals surface area contributed by atoms with Gasteiger partial charge in [-0.1, -0.05) is 0 Å². The Morgan fingerprint density at radius 3 is 2.72 bits per heavy atom. The van der Waals surface area contributed by atoms with E-state index in [1.807, 2.05) is 41.3 Å². The van der Waals surface area contributed by atoms with E-state index in [2.05, 4.69) is 4.98 Å². The molecule has 3 aromatic rings. The summed E-state index contributed by atoms with van der Waals surface area (Å²) in [5.41, 5.74) is 4.27. The Balaban J connectivity index is 1.30. The fraction of sp³-hybridized carbons (Fsp3) is 0.360. The van der Waals surface area contributed by atoms with Crippen molar-refractivity contribution >= 4 is 22.8 Å². The number of hydrogen-bond donors (Lipinski definition) is 1. The van der Waals surface area contributed by atoms with Gasteiger partial charge in [0.25, 0.3) is 5.91 Å². The Morgan fingerprint density at radius 1 is 1.16 bits per heavy atom. The van der Waals surface area contributed by atoms with E-state index in [0.29, 0.717) is 30.8 Å². The van der Waals surface area contributed by atoms with Crippen molar-refractivity contribution in [2.45, 2.75) is 31.9 Å². The molecule has 32 heavy (non-hydrogen) atoms. The molecule has 7 heteroatoms. The van der Waals surface area contributed by atoms with E-state index in [0.717, 1.165) is 53.8 Å². The number of carbonyl (C=O) groups excluding carboxylic acids is 2. The highest BCUT2D eigenvalue weighted by molar-refractivity contribution is 5.97. The molecule has 3 heterocycles. The maximum absolute atomic E-state index is 13.1. The Kier molecular flexibility index (Phi) is 5.57. The number of aromatic amines is 1. The summed E-state index contributed by atoms with van der Waals surface area (Å²) in [5, 5.41) is 0.957. The lowest BCUT2D eigenvalue weighted by Gasteiger charge is -2.27. The molecule has 7 nitrogen and oxygen atoms in total. The molecule has 0 radical (unpaired) electrons. The average molecular weight is 434 g/mol. The second-order valence-corrected chi connectivity index (χ2v) is 8.28. The van der Waals surface area contributed by atoms with Crippen molar-refractivity contribution in [2.24, 2.45) is 0 Å². The monoisotopic (exact) mass is 434 g/mol. The molecule has 0 aliphatic carbocycles. The highest BCUT2D eigenvalue weighted by Gasteiger charge is 2.25. The number of benzene rings is 2. The van der Waals surface area contributed by atoms with E-state index < -0.39 is 0 Å². The first-order chi connectivity index (χ1) is 15.6. The fourth-order valence-corrected chi connectivity index (χ4v) is 4.47. The minimum Gasteiger partial charge on any atom is -0.491 e. The van der Waals surface area contributed by atoms with E-state index in [1.54, 1.807) is 6.07 Å². The number of nitrogens with zero attached hydrogens (tertiary/aromatic N) is 1. The predicted octanol–water partition coefficient (Wildman–Crippen LogP) is 3.71. The second-order valence-electron chi connectivity index (χ2n) is 8.28. The van der Waals surface area contributed by atoms with Crippen LogP contribution in [0.15, 0.2) is 42.5 Å². The van der Waals surface area contributed by atoms with Crippen LogP contribution in [0.3, 0.4) is 0 Å². The number of carbonyl (C=O) groups is 2. The van der Waals surface area contributed by atoms with Crippen LogP contribution in [0.2, 0.25) is 0 Å². The number of esters is 1. The van der Waals surface area contributed by atoms with Crippen molar-refractivity contribution in [3.05, 3.63) is 64.8 Å². The smallest absolute Gasteiger partial charge is 0.337 e. The first-order valence-electron chi connectivity index (χ1n) is 11.0. The molecule has 1 N–H and O–H groups in total. The van der Waals surface area contributed by atoms with Gasteiger partial charge in [-0.15, -0.1) is 0 Å². The topological polar surface area (TPSA) is 80.9 Å². The van der Waals surface area contributed by atoms with Gasteiger partial charge in [0, 0.05) is 53.8 Å². The maximum Gasteiger partial charge on any atom is 0.337 e. The van der Waals surface area contributed by atoms with Crippen molar-refractivity contribution in [2.75, 3.05) is 26.9 Å². The molecule has 1 amide bonds. The zero-order valence-electron chi connectivity index (χ0n) is 18.1. The fourth-order valence-electron chi connectivity index (χ4n) is 4.47. The zero-order valence-corrected chi connectivity index (χ0v) is 18.1. The highest BCUT2D eigenvalue weighted by atomic mass is 16.5. The van der Waals surface area contributed by atoms with Crippen molar-refractivity contribution in [3.8, 4) is 5.75 Å². The van der Waals surface area contributed by atoms with E-state index in [4.69, 9.17) is 14.2 Å². The van der Waals surface area contributed by atoms with Crippen LogP contribution in [0.5, 0.6) is 5.75 Å². The first-order valence-corrected chi connectivity index (χ1v) is 11.0. The number of methoxy groups -OCH3 is 1. The summed E-state index contributed by atoms with van der Waals surface area (Å²) >= 11 is 0. The van der Waals surface area contributed by atoms with Crippen molar-refractivity contribution < 1.29 is 23.8 Å². The summed E-state index contributed by atoms with van der Waals surface area (Å²) in [6.07, 6.45) is 3.02. The molecule has 1 atom stereocenters. The normalized spacial score (nSPS) is 17.9. The summed E-state index contributed by atoms with van der Waals surface area (Å²) in [4.78, 5) is 30.4. The van der Waals surface area contributed by atoms with Crippen LogP contribution in [-0.2, 0) is 22.4 Å². The van der Waals surface area contributed by atoms with E-state index >= 15 is 0 Å². The third-order valence-corrected chi connectivity index (χ3v) is 6.24. The molecule has 5 rings (SSSR count). The number of rotatable bonds is 5. The van der Waals surface area contributed by atoms with Crippen molar-refractivity contribution in [1.82, 2.24) is 9.88 Å². The number of hydrogen-bond acceptors (Lipinski definition) is 5. The lowest BCUT2D eigenvalue weighted by atomic mass is 10.0. The van der Waals surface area contributed by atoms with Gasteiger partial charge in [-0.3, -0.25) is 4.79 Å². The van der Waals surface area contributed by atoms with Crippen molar-refractivity contribution in [1.29, 1.82) is 0 Å². The molecule has 0 saturated carbocycles. The van der Waals surface area contributed by atoms with Gasteiger partial charge in [-0.05, 0) is 55.3 Å². The van der Waals surface area contributed by atoms with Gasteiger partial charge >= 0.3 is 5.97 Å². The van der Waals surface area contributed by atoms with Crippen molar-refractivity contribution in [3.63, 3.8) is 0 Å². The molecule has 1 fully saturated rings. The van der Waals surface area contributed by atoms with Crippen LogP contribution in [0.1, 0.15) is 44.8 Å². The highest BCUT2D eigenvalue weighted by Crippen LogP contribution is 2.29. The van der Waals surface area contributed by atoms with Gasteiger partial charge in [0.15, 0.2) is 0 Å². The molecule has 0 bridgehead atoms. The molecular formula is C25H26N2O5. The lowest BCUT2D eigenvalue weighted by Crippen LogP contribution is -2.35. The number of ether oxygens (including phenoxy) is 3. The van der Waals surface area contributed by atoms with Gasteiger partial charge in [-0.25, -0.2) is 4.79 Å². The first kappa shape index (κ1) is 20.6. The van der Waals surface area contributed by atoms with Crippen LogP contribution in [0, 0.1) is 0 Å². The van der Waals surface area contributed by atoms with Crippen LogP contribution >= 0.6 is 0 Å². The van der Waals surface area contributed by atoms with Crippen LogP contribution in [0.4, 0.5) is 0 Å². The van der Waals surface area contributed by atoms with Gasteiger partial charge in [0.2, 0.25) is 0 Å². The van der Waals surface area contributed by atoms with Gasteiger partial charge in [0.1, 0.15) is 12.4 Å². The standard InChI is InChI=1S/C25H26N2O5/c1-30-25(29)17-6-9-22-20(13-17)21-14-27(11-10-23(21)26-22)24(28)16-4-7-18(8-5-16)32-15-19-3-2-12-31-19/h4-9,13,19,26H,2-3,10-12,14-15H2,1H3/t19-/m0/s1. The van der Waals surface area contributed by atoms with E-state index in [-0.39, 0.29) is 18.0 Å². The Labute approximate surface area is 186 Å². The minimum absolute atomic E-state index is 0.0141. The number of H-pyrrole nitrogens is 1. The van der Waals surface area contributed by atoms with Gasteiger partial charge < -0.3 is 24.1 Å². The van der Waals surface area contributed by atoms with Crippen LogP contribution in [-0.4, -0.2) is 54.7 Å². The summed E-state index contributed by atoms with van der Waals surface area (Å²) in [5.74, 6) is 0.358. The summed E-state index contributed by atoms with van der Waals surface area (Å²) in [7, 11) is 1.37. The number of amides is 1. The summed E-state index contributed by atoms with van der Waals surface area (Å²) in [6.45, 7) is 2.48. The summed E-state index contributed by atoms with van der Waals surface area (Å²) in [6, 6.07) is 12.8. The molecule has 0 unspecified atom stereocenters. The molecule has 2 aromatic carbocycles. The molecule has 1 saturated heterocycles. The number of nitrogens with one attached hydrogen (secondary N) is 1. The maximum atomic E-state index is 13.1. The molecule has 166 valence electrons. The molecule has 2 aliphatic heterocycles. The van der Waals surface area contributed by atoms with E-state index in [1.165, 1.54) is 7.11 Å². The Bertz CT molecular complexity index is 1150. The van der Waals surface area contributed by atoms with Crippen LogP contribution < -0.4 is 4.74 Å².